The number of allylic oxidation sites excluding steroid dienone is 3. The topological polar surface area (TPSA) is 26.8 Å². The summed E-state index contributed by atoms with van der Waals surface area (Å²) in [6, 6.07) is 17.8. The van der Waals surface area contributed by atoms with Crippen LogP contribution < -0.4 is 0 Å². The number of hydrogen-bond acceptors (Lipinski definition) is 0. The summed E-state index contributed by atoms with van der Waals surface area (Å²) in [6.07, 6.45) is 27.2. The Kier molecular flexibility index (Phi) is 20.1. The van der Waals surface area contributed by atoms with Gasteiger partial charge in [0.1, 0.15) is 0 Å². The molecule has 0 saturated heterocycles. The second-order valence-corrected chi connectivity index (χ2v) is 13.7. The van der Waals surface area contributed by atoms with E-state index in [1.807, 2.05) is 4.68 Å². The first-order valence-corrected chi connectivity index (χ1v) is 20.1. The van der Waals surface area contributed by atoms with Gasteiger partial charge in [0.25, 0.3) is 0 Å². The first-order chi connectivity index (χ1) is 24.2. The van der Waals surface area contributed by atoms with Crippen LogP contribution in [-0.2, 0) is 12.8 Å². The summed E-state index contributed by atoms with van der Waals surface area (Å²) in [5.74, 6) is 23.5. The molecule has 1 N–H and O–H groups in total. The zero-order chi connectivity index (χ0) is 34.9. The zero-order valence-electron chi connectivity index (χ0n) is 31.7. The van der Waals surface area contributed by atoms with Crippen molar-refractivity contribution in [1.82, 2.24) is 0 Å². The predicted molar refractivity (Wildman–Crippen MR) is 215 cm³/mol. The number of nitrogens with one attached hydrogen (secondary N) is 1. The fourth-order valence-corrected chi connectivity index (χ4v) is 6.81. The SMILES string of the molecule is CCCCCC#CCCCc1ccccc1C1=C(CCCCC)C(=CCCCCC)C(c2ccccc2CCCC#CCCCCC)=[N+]1[NH-]. The lowest BCUT2D eigenvalue weighted by Gasteiger charge is -2.13. The summed E-state index contributed by atoms with van der Waals surface area (Å²) >= 11 is 0. The lowest BCUT2D eigenvalue weighted by Crippen LogP contribution is -2.14. The van der Waals surface area contributed by atoms with Gasteiger partial charge in [-0.1, -0.05) is 122 Å². The van der Waals surface area contributed by atoms with Crippen molar-refractivity contribution in [2.45, 2.75) is 169 Å². The van der Waals surface area contributed by atoms with Crippen LogP contribution in [0.25, 0.3) is 11.5 Å². The van der Waals surface area contributed by atoms with Gasteiger partial charge in [0.2, 0.25) is 11.4 Å². The average molecular weight is 659 g/mol. The van der Waals surface area contributed by atoms with Gasteiger partial charge in [0.15, 0.2) is 0 Å². The molecular weight excluding hydrogens is 593 g/mol. The lowest BCUT2D eigenvalue weighted by molar-refractivity contribution is -0.347. The highest BCUT2D eigenvalue weighted by atomic mass is 15.3. The van der Waals surface area contributed by atoms with Crippen LogP contribution in [0.4, 0.5) is 0 Å². The van der Waals surface area contributed by atoms with Gasteiger partial charge >= 0.3 is 0 Å². The molecule has 0 atom stereocenters. The molecule has 2 heteroatoms. The van der Waals surface area contributed by atoms with E-state index < -0.39 is 0 Å². The van der Waals surface area contributed by atoms with E-state index in [4.69, 9.17) is 0 Å². The van der Waals surface area contributed by atoms with E-state index in [-0.39, 0.29) is 0 Å². The molecule has 0 amide bonds. The Hall–Kier alpha value is -3.49. The maximum absolute atomic E-state index is 9.87. The third kappa shape index (κ3) is 13.4. The molecule has 1 aliphatic heterocycles. The third-order valence-electron chi connectivity index (χ3n) is 9.60. The van der Waals surface area contributed by atoms with E-state index in [0.29, 0.717) is 0 Å². The van der Waals surface area contributed by atoms with Crippen molar-refractivity contribution >= 4 is 11.4 Å². The van der Waals surface area contributed by atoms with Crippen molar-refractivity contribution in [1.29, 1.82) is 0 Å². The van der Waals surface area contributed by atoms with E-state index >= 15 is 0 Å². The van der Waals surface area contributed by atoms with Crippen molar-refractivity contribution in [2.75, 3.05) is 0 Å². The number of unbranched alkanes of at least 4 members (excludes halogenated alkanes) is 13. The highest BCUT2D eigenvalue weighted by Crippen LogP contribution is 2.40. The van der Waals surface area contributed by atoms with Gasteiger partial charge in [-0.2, -0.15) is 0 Å². The Morgan fingerprint density at radius 1 is 0.531 bits per heavy atom. The van der Waals surface area contributed by atoms with Crippen LogP contribution >= 0.6 is 0 Å². The van der Waals surface area contributed by atoms with Crippen LogP contribution in [0.15, 0.2) is 65.8 Å². The van der Waals surface area contributed by atoms with Crippen LogP contribution in [0, 0.1) is 23.7 Å². The maximum atomic E-state index is 9.87. The van der Waals surface area contributed by atoms with Gasteiger partial charge in [-0.3, -0.25) is 0 Å². The van der Waals surface area contributed by atoms with E-state index in [9.17, 15) is 5.84 Å². The van der Waals surface area contributed by atoms with Crippen molar-refractivity contribution in [3.8, 4) is 23.7 Å². The first-order valence-electron chi connectivity index (χ1n) is 20.1. The fourth-order valence-electron chi connectivity index (χ4n) is 6.81. The molecule has 0 bridgehead atoms. The third-order valence-corrected chi connectivity index (χ3v) is 9.60. The summed E-state index contributed by atoms with van der Waals surface area (Å²) in [5.41, 5.74) is 9.96. The molecule has 0 saturated carbocycles. The standard InChI is InChI=1S/C47H66N2/c1-5-9-13-16-18-20-22-25-32-40-34-28-30-36-42(40)46-44(38-24-12-8-4)45(39-27-15-11-7-3)47(49(46)48)43-37-31-29-35-41(43)33-26-23-21-19-17-14-10-6-2/h28-31,34-37,39,48H,5-17,22-27,32-33,38H2,1-4H3. The van der Waals surface area contributed by atoms with Crippen molar-refractivity contribution in [3.63, 3.8) is 0 Å². The van der Waals surface area contributed by atoms with Crippen LogP contribution in [0.1, 0.15) is 178 Å². The monoisotopic (exact) mass is 659 g/mol. The number of aryl methyl sites for hydroxylation is 2. The van der Waals surface area contributed by atoms with E-state index in [1.165, 1.54) is 104 Å². The molecule has 0 radical (unpaired) electrons. The van der Waals surface area contributed by atoms with Crippen molar-refractivity contribution in [3.05, 3.63) is 93.8 Å². The van der Waals surface area contributed by atoms with Crippen LogP contribution in [-0.4, -0.2) is 10.4 Å². The van der Waals surface area contributed by atoms with Gasteiger partial charge in [-0.05, 0) is 87.5 Å². The van der Waals surface area contributed by atoms with E-state index in [0.717, 1.165) is 82.0 Å². The van der Waals surface area contributed by atoms with Gasteiger partial charge < -0.3 is 5.84 Å². The number of rotatable bonds is 22. The Labute approximate surface area is 301 Å². The lowest BCUT2D eigenvalue weighted by atomic mass is 9.88. The number of hydrogen-bond donors (Lipinski definition) is 0. The molecule has 1 heterocycles. The highest BCUT2D eigenvalue weighted by molar-refractivity contribution is 6.17. The molecule has 0 aliphatic carbocycles. The first kappa shape index (κ1) is 39.9. The molecule has 0 aromatic heterocycles. The molecule has 2 nitrogen and oxygen atoms in total. The normalized spacial score (nSPS) is 13.5. The zero-order valence-corrected chi connectivity index (χ0v) is 31.7. The largest absolute Gasteiger partial charge is 0.448 e. The summed E-state index contributed by atoms with van der Waals surface area (Å²) in [4.78, 5) is 0. The van der Waals surface area contributed by atoms with Gasteiger partial charge in [0.05, 0.1) is 5.57 Å². The summed E-state index contributed by atoms with van der Waals surface area (Å²) in [7, 11) is 0. The Balaban J connectivity index is 2.00. The summed E-state index contributed by atoms with van der Waals surface area (Å²) < 4.78 is 1.83. The number of nitrogens with zero attached hydrogens (tertiary/aromatic N) is 1. The predicted octanol–water partition coefficient (Wildman–Crippen LogP) is 13.8. The molecule has 2 aromatic rings. The molecule has 2 aromatic carbocycles. The van der Waals surface area contributed by atoms with E-state index in [2.05, 4.69) is 106 Å². The van der Waals surface area contributed by atoms with Gasteiger partial charge in [0, 0.05) is 42.4 Å². The smallest absolute Gasteiger partial charge is 0.216 e. The van der Waals surface area contributed by atoms with Crippen LogP contribution in [0.3, 0.4) is 0 Å². The summed E-state index contributed by atoms with van der Waals surface area (Å²) in [5, 5.41) is 0. The quantitative estimate of drug-likeness (QED) is 0.0684. The molecule has 0 unspecified atom stereocenters. The molecule has 3 rings (SSSR count). The van der Waals surface area contributed by atoms with Gasteiger partial charge in [-0.25, -0.2) is 4.68 Å². The molecule has 1 aliphatic rings. The number of benzene rings is 2. The molecule has 49 heavy (non-hydrogen) atoms. The van der Waals surface area contributed by atoms with Crippen LogP contribution in [0.2, 0.25) is 0 Å². The van der Waals surface area contributed by atoms with Crippen molar-refractivity contribution in [2.24, 2.45) is 0 Å². The second kappa shape index (κ2) is 24.6. The molecule has 264 valence electrons. The van der Waals surface area contributed by atoms with E-state index in [1.54, 1.807) is 0 Å². The maximum Gasteiger partial charge on any atom is 0.216 e. The average Bonchev–Trinajstić information content (AvgIpc) is 3.39. The minimum Gasteiger partial charge on any atom is -0.448 e. The fraction of sp³-hybridized carbons (Fsp3) is 0.553. The second-order valence-electron chi connectivity index (χ2n) is 13.7. The minimum atomic E-state index is 0.933. The van der Waals surface area contributed by atoms with Crippen molar-refractivity contribution < 1.29 is 4.68 Å². The Morgan fingerprint density at radius 3 is 1.57 bits per heavy atom. The molecule has 0 spiro atoms. The Morgan fingerprint density at radius 2 is 1.00 bits per heavy atom. The Bertz CT molecular complexity index is 1480. The molecule has 0 fully saturated rings. The highest BCUT2D eigenvalue weighted by Gasteiger charge is 2.36. The molecular formula is C47H66N2. The minimum absolute atomic E-state index is 0.933. The van der Waals surface area contributed by atoms with Gasteiger partial charge in [-0.15, -0.1) is 23.7 Å². The van der Waals surface area contributed by atoms with Crippen LogP contribution in [0.5, 0.6) is 0 Å². The summed E-state index contributed by atoms with van der Waals surface area (Å²) in [6.45, 7) is 9.06.